The molecule has 2 rings (SSSR count). The zero-order valence-electron chi connectivity index (χ0n) is 9.93. The third-order valence-electron chi connectivity index (χ3n) is 2.85. The van der Waals surface area contributed by atoms with Gasteiger partial charge in [-0.05, 0) is 44.0 Å². The van der Waals surface area contributed by atoms with Crippen molar-refractivity contribution in [1.82, 2.24) is 4.90 Å². The van der Waals surface area contributed by atoms with Gasteiger partial charge >= 0.3 is 0 Å². The van der Waals surface area contributed by atoms with Gasteiger partial charge in [-0.15, -0.1) is 0 Å². The number of rotatable bonds is 5. The highest BCUT2D eigenvalue weighted by Gasteiger charge is 2.31. The first kappa shape index (κ1) is 11.8. The van der Waals surface area contributed by atoms with Crippen LogP contribution in [0, 0.1) is 0 Å². The molecule has 1 aromatic carbocycles. The molecule has 1 saturated carbocycles. The molecule has 1 aliphatic rings. The number of amides is 1. The molecule has 0 saturated heterocycles. The van der Waals surface area contributed by atoms with Gasteiger partial charge in [-0.25, -0.2) is 0 Å². The maximum atomic E-state index is 11.8. The molecule has 0 aromatic heterocycles. The van der Waals surface area contributed by atoms with E-state index in [0.29, 0.717) is 11.8 Å². The summed E-state index contributed by atoms with van der Waals surface area (Å²) in [7, 11) is 0. The van der Waals surface area contributed by atoms with Crippen molar-refractivity contribution in [3.05, 3.63) is 24.3 Å². The largest absolute Gasteiger partial charge is 0.508 e. The van der Waals surface area contributed by atoms with Gasteiger partial charge in [0.1, 0.15) is 11.5 Å². The second-order valence-electron chi connectivity index (χ2n) is 4.19. The summed E-state index contributed by atoms with van der Waals surface area (Å²) in [5.41, 5.74) is 0. The van der Waals surface area contributed by atoms with Crippen molar-refractivity contribution < 1.29 is 14.6 Å². The van der Waals surface area contributed by atoms with Crippen LogP contribution in [0.25, 0.3) is 0 Å². The Morgan fingerprint density at radius 3 is 2.59 bits per heavy atom. The fourth-order valence-corrected chi connectivity index (χ4v) is 1.79. The quantitative estimate of drug-likeness (QED) is 0.846. The van der Waals surface area contributed by atoms with Crippen LogP contribution in [0.15, 0.2) is 24.3 Å². The van der Waals surface area contributed by atoms with Gasteiger partial charge in [-0.2, -0.15) is 0 Å². The Balaban J connectivity index is 1.84. The summed E-state index contributed by atoms with van der Waals surface area (Å²) >= 11 is 0. The molecule has 0 spiro atoms. The van der Waals surface area contributed by atoms with Crippen LogP contribution in [0.1, 0.15) is 19.8 Å². The van der Waals surface area contributed by atoms with Gasteiger partial charge in [0.2, 0.25) is 0 Å². The monoisotopic (exact) mass is 235 g/mol. The van der Waals surface area contributed by atoms with Gasteiger partial charge in [0.15, 0.2) is 6.61 Å². The molecule has 0 aliphatic heterocycles. The van der Waals surface area contributed by atoms with Crippen LogP contribution in [0.4, 0.5) is 0 Å². The first-order valence-electron chi connectivity index (χ1n) is 5.92. The number of benzene rings is 1. The zero-order chi connectivity index (χ0) is 12.3. The summed E-state index contributed by atoms with van der Waals surface area (Å²) in [4.78, 5) is 13.7. The summed E-state index contributed by atoms with van der Waals surface area (Å²) < 4.78 is 5.38. The van der Waals surface area contributed by atoms with E-state index < -0.39 is 0 Å². The summed E-state index contributed by atoms with van der Waals surface area (Å²) in [5.74, 6) is 0.822. The number of carbonyl (C=O) groups is 1. The molecule has 1 fully saturated rings. The molecular formula is C13H17NO3. The Morgan fingerprint density at radius 2 is 2.06 bits per heavy atom. The van der Waals surface area contributed by atoms with E-state index >= 15 is 0 Å². The number of ether oxygens (including phenoxy) is 1. The predicted molar refractivity (Wildman–Crippen MR) is 64.0 cm³/mol. The lowest BCUT2D eigenvalue weighted by molar-refractivity contribution is -0.133. The fourth-order valence-electron chi connectivity index (χ4n) is 1.79. The standard InChI is InChI=1S/C13H17NO3/c1-2-14(10-3-4-10)13(16)9-17-12-7-5-11(15)6-8-12/h5-8,10,15H,2-4,9H2,1H3. The summed E-state index contributed by atoms with van der Waals surface area (Å²) in [6, 6.07) is 6.80. The van der Waals surface area contributed by atoms with Crippen molar-refractivity contribution >= 4 is 5.91 Å². The molecule has 0 radical (unpaired) electrons. The van der Waals surface area contributed by atoms with Crippen LogP contribution in [0.2, 0.25) is 0 Å². The molecule has 0 heterocycles. The molecule has 1 aromatic rings. The second-order valence-corrected chi connectivity index (χ2v) is 4.19. The lowest BCUT2D eigenvalue weighted by Crippen LogP contribution is -2.36. The first-order chi connectivity index (χ1) is 8.20. The van der Waals surface area contributed by atoms with Gasteiger partial charge in [-0.1, -0.05) is 0 Å². The topological polar surface area (TPSA) is 49.8 Å². The Hall–Kier alpha value is -1.71. The number of hydrogen-bond donors (Lipinski definition) is 1. The predicted octanol–water partition coefficient (Wildman–Crippen LogP) is 1.78. The molecule has 0 unspecified atom stereocenters. The Kier molecular flexibility index (Phi) is 3.52. The van der Waals surface area contributed by atoms with E-state index in [-0.39, 0.29) is 18.3 Å². The third kappa shape index (κ3) is 3.12. The molecular weight excluding hydrogens is 218 g/mol. The normalized spacial score (nSPS) is 14.4. The number of phenols is 1. The minimum absolute atomic E-state index is 0.0306. The average Bonchev–Trinajstić information content (AvgIpc) is 3.14. The molecule has 0 bridgehead atoms. The van der Waals surface area contributed by atoms with Gasteiger partial charge in [-0.3, -0.25) is 4.79 Å². The fraction of sp³-hybridized carbons (Fsp3) is 0.462. The SMILES string of the molecule is CCN(C(=O)COc1ccc(O)cc1)C1CC1. The third-order valence-corrected chi connectivity index (χ3v) is 2.85. The highest BCUT2D eigenvalue weighted by atomic mass is 16.5. The maximum Gasteiger partial charge on any atom is 0.260 e. The van der Waals surface area contributed by atoms with Gasteiger partial charge in [0.05, 0.1) is 0 Å². The number of carbonyl (C=O) groups excluding carboxylic acids is 1. The lowest BCUT2D eigenvalue weighted by atomic mass is 10.3. The number of aromatic hydroxyl groups is 1. The highest BCUT2D eigenvalue weighted by Crippen LogP contribution is 2.26. The molecule has 1 amide bonds. The first-order valence-corrected chi connectivity index (χ1v) is 5.92. The average molecular weight is 235 g/mol. The number of hydrogen-bond acceptors (Lipinski definition) is 3. The Bertz CT molecular complexity index is 384. The van der Waals surface area contributed by atoms with Crippen LogP contribution in [0.3, 0.4) is 0 Å². The molecule has 17 heavy (non-hydrogen) atoms. The van der Waals surface area contributed by atoms with Crippen LogP contribution < -0.4 is 4.74 Å². The molecule has 1 N–H and O–H groups in total. The van der Waals surface area contributed by atoms with Crippen molar-refractivity contribution in [3.8, 4) is 11.5 Å². The smallest absolute Gasteiger partial charge is 0.260 e. The van der Waals surface area contributed by atoms with E-state index in [1.165, 1.54) is 12.1 Å². The van der Waals surface area contributed by atoms with Crippen molar-refractivity contribution in [2.24, 2.45) is 0 Å². The molecule has 92 valence electrons. The Morgan fingerprint density at radius 1 is 1.41 bits per heavy atom. The van der Waals surface area contributed by atoms with Crippen LogP contribution in [0.5, 0.6) is 11.5 Å². The minimum atomic E-state index is 0.0306. The number of phenolic OH excluding ortho intramolecular Hbond substituents is 1. The minimum Gasteiger partial charge on any atom is -0.508 e. The van der Waals surface area contributed by atoms with E-state index in [9.17, 15) is 4.79 Å². The number of nitrogens with zero attached hydrogens (tertiary/aromatic N) is 1. The van der Waals surface area contributed by atoms with Crippen LogP contribution in [-0.2, 0) is 4.79 Å². The van der Waals surface area contributed by atoms with E-state index in [4.69, 9.17) is 9.84 Å². The second kappa shape index (κ2) is 5.08. The molecule has 4 nitrogen and oxygen atoms in total. The van der Waals surface area contributed by atoms with Crippen molar-refractivity contribution in [1.29, 1.82) is 0 Å². The van der Waals surface area contributed by atoms with Gasteiger partial charge in [0.25, 0.3) is 5.91 Å². The lowest BCUT2D eigenvalue weighted by Gasteiger charge is -2.20. The summed E-state index contributed by atoms with van der Waals surface area (Å²) in [6.45, 7) is 2.79. The van der Waals surface area contributed by atoms with Gasteiger partial charge in [0, 0.05) is 12.6 Å². The highest BCUT2D eigenvalue weighted by molar-refractivity contribution is 5.78. The van der Waals surface area contributed by atoms with Crippen molar-refractivity contribution in [2.75, 3.05) is 13.2 Å². The van der Waals surface area contributed by atoms with Crippen LogP contribution >= 0.6 is 0 Å². The van der Waals surface area contributed by atoms with E-state index in [2.05, 4.69) is 0 Å². The van der Waals surface area contributed by atoms with Crippen molar-refractivity contribution in [2.45, 2.75) is 25.8 Å². The molecule has 1 aliphatic carbocycles. The molecule has 0 atom stereocenters. The van der Waals surface area contributed by atoms with E-state index in [0.717, 1.165) is 19.4 Å². The summed E-state index contributed by atoms with van der Waals surface area (Å²) in [5, 5.41) is 9.11. The van der Waals surface area contributed by atoms with Crippen LogP contribution in [-0.4, -0.2) is 35.1 Å². The molecule has 4 heteroatoms. The van der Waals surface area contributed by atoms with Gasteiger partial charge < -0.3 is 14.7 Å². The maximum absolute atomic E-state index is 11.8. The number of likely N-dealkylation sites (N-methyl/N-ethyl adjacent to an activating group) is 1. The van der Waals surface area contributed by atoms with Crippen molar-refractivity contribution in [3.63, 3.8) is 0 Å². The van der Waals surface area contributed by atoms with E-state index in [1.54, 1.807) is 12.1 Å². The summed E-state index contributed by atoms with van der Waals surface area (Å²) in [6.07, 6.45) is 2.22. The zero-order valence-corrected chi connectivity index (χ0v) is 9.93. The van der Waals surface area contributed by atoms with E-state index in [1.807, 2.05) is 11.8 Å². The Labute approximate surface area is 101 Å².